The summed E-state index contributed by atoms with van der Waals surface area (Å²) in [6, 6.07) is 12.9. The van der Waals surface area contributed by atoms with Gasteiger partial charge in [0.05, 0.1) is 6.61 Å². The van der Waals surface area contributed by atoms with Gasteiger partial charge in [0.15, 0.2) is 0 Å². The number of ether oxygens (including phenoxy) is 2. The third-order valence-corrected chi connectivity index (χ3v) is 4.12. The maximum atomic E-state index is 12.8. The quantitative estimate of drug-likeness (QED) is 0.817. The van der Waals surface area contributed by atoms with Crippen LogP contribution < -0.4 is 4.74 Å². The number of para-hydroxylation sites is 1. The highest BCUT2D eigenvalue weighted by Crippen LogP contribution is 2.21. The molecule has 0 spiro atoms. The Morgan fingerprint density at radius 3 is 2.88 bits per heavy atom. The summed E-state index contributed by atoms with van der Waals surface area (Å²) in [4.78, 5) is 18.8. The van der Waals surface area contributed by atoms with E-state index in [2.05, 4.69) is 4.98 Å². The Bertz CT molecular complexity index is 669. The summed E-state index contributed by atoms with van der Waals surface area (Å²) < 4.78 is 11.1. The Morgan fingerprint density at radius 1 is 1.33 bits per heavy atom. The van der Waals surface area contributed by atoms with Gasteiger partial charge in [-0.3, -0.25) is 4.79 Å². The highest BCUT2D eigenvalue weighted by molar-refractivity contribution is 5.94. The van der Waals surface area contributed by atoms with Gasteiger partial charge in [-0.25, -0.2) is 4.98 Å². The first-order chi connectivity index (χ1) is 11.8. The second-order valence-electron chi connectivity index (χ2n) is 5.87. The normalized spacial score (nSPS) is 16.8. The first-order valence-electron chi connectivity index (χ1n) is 8.32. The molecule has 1 saturated heterocycles. The van der Waals surface area contributed by atoms with E-state index in [-0.39, 0.29) is 5.91 Å². The number of hydrogen-bond acceptors (Lipinski definition) is 4. The van der Waals surface area contributed by atoms with Crippen LogP contribution >= 0.6 is 0 Å². The first-order valence-corrected chi connectivity index (χ1v) is 8.32. The van der Waals surface area contributed by atoms with Crippen molar-refractivity contribution in [3.63, 3.8) is 0 Å². The van der Waals surface area contributed by atoms with Crippen LogP contribution in [0.5, 0.6) is 11.6 Å². The molecular weight excluding hydrogens is 304 g/mol. The van der Waals surface area contributed by atoms with Crippen molar-refractivity contribution in [1.82, 2.24) is 9.88 Å². The predicted molar refractivity (Wildman–Crippen MR) is 91.3 cm³/mol. The summed E-state index contributed by atoms with van der Waals surface area (Å²) in [6.07, 6.45) is 2.63. The van der Waals surface area contributed by atoms with E-state index in [1.165, 1.54) is 0 Å². The van der Waals surface area contributed by atoms with E-state index in [9.17, 15) is 4.79 Å². The molecular formula is C19H22N2O3. The zero-order valence-corrected chi connectivity index (χ0v) is 13.9. The lowest BCUT2D eigenvalue weighted by atomic mass is 10.1. The molecule has 1 unspecified atom stereocenters. The van der Waals surface area contributed by atoms with Gasteiger partial charge < -0.3 is 14.4 Å². The summed E-state index contributed by atoms with van der Waals surface area (Å²) in [5.41, 5.74) is 0.594. The molecule has 5 nitrogen and oxygen atoms in total. The number of pyridine rings is 1. The first kappa shape index (κ1) is 16.5. The van der Waals surface area contributed by atoms with Crippen LogP contribution in [0.1, 0.15) is 23.7 Å². The minimum Gasteiger partial charge on any atom is -0.439 e. The fourth-order valence-electron chi connectivity index (χ4n) is 2.78. The monoisotopic (exact) mass is 326 g/mol. The summed E-state index contributed by atoms with van der Waals surface area (Å²) in [7, 11) is 0. The number of aromatic nitrogens is 1. The molecule has 0 aliphatic carbocycles. The fraction of sp³-hybridized carbons (Fsp3) is 0.368. The number of hydrogen-bond donors (Lipinski definition) is 0. The third kappa shape index (κ3) is 4.11. The Labute approximate surface area is 142 Å². The van der Waals surface area contributed by atoms with Crippen molar-refractivity contribution in [2.45, 2.75) is 13.3 Å². The molecule has 24 heavy (non-hydrogen) atoms. The second-order valence-corrected chi connectivity index (χ2v) is 5.87. The van der Waals surface area contributed by atoms with Crippen molar-refractivity contribution in [3.05, 3.63) is 54.2 Å². The molecule has 1 aromatic carbocycles. The van der Waals surface area contributed by atoms with E-state index in [0.29, 0.717) is 29.7 Å². The highest BCUT2D eigenvalue weighted by atomic mass is 16.5. The lowest BCUT2D eigenvalue weighted by molar-refractivity contribution is 0.0730. The molecule has 1 aliphatic heterocycles. The molecule has 1 aromatic heterocycles. The minimum atomic E-state index is 0.00436. The Morgan fingerprint density at radius 2 is 2.17 bits per heavy atom. The van der Waals surface area contributed by atoms with E-state index >= 15 is 0 Å². The van der Waals surface area contributed by atoms with Crippen LogP contribution in [0.2, 0.25) is 0 Å². The average molecular weight is 326 g/mol. The van der Waals surface area contributed by atoms with Crippen molar-refractivity contribution in [2.75, 3.05) is 26.3 Å². The molecule has 0 radical (unpaired) electrons. The lowest BCUT2D eigenvalue weighted by Gasteiger charge is -2.23. The van der Waals surface area contributed by atoms with Crippen molar-refractivity contribution < 1.29 is 14.3 Å². The molecule has 5 heteroatoms. The number of nitrogens with zero attached hydrogens (tertiary/aromatic N) is 2. The molecule has 1 atom stereocenters. The SMILES string of the molecule is CCN(CC1CCOC1)C(=O)c1ccnc(Oc2ccccc2)c1. The van der Waals surface area contributed by atoms with Crippen molar-refractivity contribution in [3.8, 4) is 11.6 Å². The lowest BCUT2D eigenvalue weighted by Crippen LogP contribution is -2.35. The van der Waals surface area contributed by atoms with Crippen molar-refractivity contribution >= 4 is 5.91 Å². The van der Waals surface area contributed by atoms with Gasteiger partial charge in [0.2, 0.25) is 5.88 Å². The number of carbonyl (C=O) groups is 1. The molecule has 2 heterocycles. The Kier molecular flexibility index (Phi) is 5.43. The number of amides is 1. The van der Waals surface area contributed by atoms with Gasteiger partial charge in [0.1, 0.15) is 5.75 Å². The molecule has 0 N–H and O–H groups in total. The van der Waals surface area contributed by atoms with Gasteiger partial charge in [-0.2, -0.15) is 0 Å². The summed E-state index contributed by atoms with van der Waals surface area (Å²) in [6.45, 7) is 4.93. The molecule has 0 bridgehead atoms. The van der Waals surface area contributed by atoms with Gasteiger partial charge in [0, 0.05) is 43.4 Å². The van der Waals surface area contributed by atoms with E-state index < -0.39 is 0 Å². The Balaban J connectivity index is 1.70. The highest BCUT2D eigenvalue weighted by Gasteiger charge is 2.22. The molecule has 1 amide bonds. The van der Waals surface area contributed by atoms with E-state index in [1.54, 1.807) is 18.3 Å². The molecule has 0 saturated carbocycles. The number of carbonyl (C=O) groups excluding carboxylic acids is 1. The zero-order chi connectivity index (χ0) is 16.8. The zero-order valence-electron chi connectivity index (χ0n) is 13.9. The maximum Gasteiger partial charge on any atom is 0.254 e. The molecule has 1 fully saturated rings. The smallest absolute Gasteiger partial charge is 0.254 e. The fourth-order valence-corrected chi connectivity index (χ4v) is 2.78. The standard InChI is InChI=1S/C19H22N2O3/c1-2-21(13-15-9-11-23-14-15)19(22)16-8-10-20-18(12-16)24-17-6-4-3-5-7-17/h3-8,10,12,15H,2,9,11,13-14H2,1H3. The average Bonchev–Trinajstić information content (AvgIpc) is 3.13. The summed E-state index contributed by atoms with van der Waals surface area (Å²) >= 11 is 0. The van der Waals surface area contributed by atoms with Gasteiger partial charge >= 0.3 is 0 Å². The number of benzene rings is 1. The summed E-state index contributed by atoms with van der Waals surface area (Å²) in [5, 5.41) is 0. The second kappa shape index (κ2) is 7.93. The van der Waals surface area contributed by atoms with Crippen molar-refractivity contribution in [1.29, 1.82) is 0 Å². The molecule has 3 rings (SSSR count). The van der Waals surface area contributed by atoms with E-state index in [0.717, 1.165) is 26.2 Å². The van der Waals surface area contributed by atoms with Crippen LogP contribution in [-0.2, 0) is 4.74 Å². The molecule has 126 valence electrons. The van der Waals surface area contributed by atoms with Crippen molar-refractivity contribution in [2.24, 2.45) is 5.92 Å². The van der Waals surface area contributed by atoms with Crippen LogP contribution in [0.4, 0.5) is 0 Å². The van der Waals surface area contributed by atoms with Gasteiger partial charge in [0.25, 0.3) is 5.91 Å². The number of rotatable bonds is 6. The Hall–Kier alpha value is -2.40. The minimum absolute atomic E-state index is 0.00436. The largest absolute Gasteiger partial charge is 0.439 e. The van der Waals surface area contributed by atoms with E-state index in [4.69, 9.17) is 9.47 Å². The van der Waals surface area contributed by atoms with Crippen LogP contribution in [0.3, 0.4) is 0 Å². The summed E-state index contributed by atoms with van der Waals surface area (Å²) in [5.74, 6) is 1.55. The molecule has 2 aromatic rings. The van der Waals surface area contributed by atoms with Gasteiger partial charge in [-0.05, 0) is 31.5 Å². The molecule has 1 aliphatic rings. The van der Waals surface area contributed by atoms with Gasteiger partial charge in [-0.1, -0.05) is 18.2 Å². The van der Waals surface area contributed by atoms with Crippen LogP contribution in [0.15, 0.2) is 48.7 Å². The van der Waals surface area contributed by atoms with Gasteiger partial charge in [-0.15, -0.1) is 0 Å². The third-order valence-electron chi connectivity index (χ3n) is 4.12. The van der Waals surface area contributed by atoms with E-state index in [1.807, 2.05) is 42.2 Å². The van der Waals surface area contributed by atoms with Crippen LogP contribution in [0, 0.1) is 5.92 Å². The van der Waals surface area contributed by atoms with Crippen LogP contribution in [0.25, 0.3) is 0 Å². The predicted octanol–water partition coefficient (Wildman–Crippen LogP) is 3.37. The topological polar surface area (TPSA) is 51.7 Å². The maximum absolute atomic E-state index is 12.8. The van der Waals surface area contributed by atoms with Crippen LogP contribution in [-0.4, -0.2) is 42.1 Å².